The summed E-state index contributed by atoms with van der Waals surface area (Å²) in [4.78, 5) is 12.8. The first kappa shape index (κ1) is 20.5. The topological polar surface area (TPSA) is 47.6 Å². The number of rotatable bonds is 9. The van der Waals surface area contributed by atoms with Gasteiger partial charge in [0, 0.05) is 12.1 Å². The average molecular weight is 389 g/mol. The molecule has 0 spiro atoms. The molecule has 0 aliphatic heterocycles. The van der Waals surface area contributed by atoms with E-state index in [2.05, 4.69) is 24.4 Å². The van der Waals surface area contributed by atoms with Crippen LogP contribution < -0.4 is 14.8 Å². The minimum absolute atomic E-state index is 0.162. The molecule has 0 bridgehead atoms. The van der Waals surface area contributed by atoms with Gasteiger partial charge in [0.1, 0.15) is 11.5 Å². The summed E-state index contributed by atoms with van der Waals surface area (Å²) in [5, 5.41) is 2.93. The van der Waals surface area contributed by atoms with Gasteiger partial charge < -0.3 is 14.8 Å². The summed E-state index contributed by atoms with van der Waals surface area (Å²) >= 11 is 0. The Morgan fingerprint density at radius 3 is 2.34 bits per heavy atom. The molecule has 0 saturated carbocycles. The van der Waals surface area contributed by atoms with Crippen molar-refractivity contribution in [2.45, 2.75) is 32.8 Å². The zero-order valence-electron chi connectivity index (χ0n) is 16.9. The molecule has 0 fully saturated rings. The number of hydrogen-bond donors (Lipinski definition) is 1. The monoisotopic (exact) mass is 389 g/mol. The SMILES string of the molecule is CCC(C)Oc1ccc(NC(=O)c2ccccc2OCCc2ccccc2)cc1. The molecule has 0 radical (unpaired) electrons. The second-order valence-electron chi connectivity index (χ2n) is 6.90. The van der Waals surface area contributed by atoms with Crippen LogP contribution in [-0.2, 0) is 6.42 Å². The molecule has 150 valence electrons. The molecule has 1 amide bonds. The number of anilines is 1. The molecule has 3 aromatic carbocycles. The van der Waals surface area contributed by atoms with E-state index < -0.39 is 0 Å². The van der Waals surface area contributed by atoms with Crippen molar-refractivity contribution in [2.75, 3.05) is 11.9 Å². The van der Waals surface area contributed by atoms with Crippen molar-refractivity contribution >= 4 is 11.6 Å². The maximum atomic E-state index is 12.8. The predicted molar refractivity (Wildman–Crippen MR) is 117 cm³/mol. The molecule has 0 heterocycles. The number of nitrogens with one attached hydrogen (secondary N) is 1. The molecule has 0 aliphatic rings. The Kier molecular flexibility index (Phi) is 7.28. The molecule has 3 aromatic rings. The fraction of sp³-hybridized carbons (Fsp3) is 0.240. The van der Waals surface area contributed by atoms with Crippen LogP contribution in [0.2, 0.25) is 0 Å². The van der Waals surface area contributed by atoms with Gasteiger partial charge in [-0.05, 0) is 55.3 Å². The van der Waals surface area contributed by atoms with Crippen LogP contribution in [0.1, 0.15) is 36.2 Å². The number of ether oxygens (including phenoxy) is 2. The summed E-state index contributed by atoms with van der Waals surface area (Å²) in [6.45, 7) is 4.62. The summed E-state index contributed by atoms with van der Waals surface area (Å²) < 4.78 is 11.7. The fourth-order valence-electron chi connectivity index (χ4n) is 2.83. The lowest BCUT2D eigenvalue weighted by atomic mass is 10.1. The average Bonchev–Trinajstić information content (AvgIpc) is 2.76. The van der Waals surface area contributed by atoms with E-state index in [1.54, 1.807) is 6.07 Å². The smallest absolute Gasteiger partial charge is 0.259 e. The van der Waals surface area contributed by atoms with Gasteiger partial charge in [0.05, 0.1) is 18.3 Å². The molecule has 0 saturated heterocycles. The standard InChI is InChI=1S/C25H27NO3/c1-3-19(2)29-22-15-13-21(14-16-22)26-25(27)23-11-7-8-12-24(23)28-18-17-20-9-5-4-6-10-20/h4-16,19H,3,17-18H2,1-2H3,(H,26,27). The van der Waals surface area contributed by atoms with E-state index in [0.29, 0.717) is 23.6 Å². The third-order valence-corrected chi connectivity index (χ3v) is 4.65. The third kappa shape index (κ3) is 6.11. The van der Waals surface area contributed by atoms with E-state index in [1.165, 1.54) is 5.56 Å². The van der Waals surface area contributed by atoms with Crippen molar-refractivity contribution < 1.29 is 14.3 Å². The predicted octanol–water partition coefficient (Wildman–Crippen LogP) is 5.74. The highest BCUT2D eigenvalue weighted by Gasteiger charge is 2.12. The molecule has 3 rings (SSSR count). The number of carbonyl (C=O) groups excluding carboxylic acids is 1. The highest BCUT2D eigenvalue weighted by Crippen LogP contribution is 2.22. The van der Waals surface area contributed by atoms with Crippen molar-refractivity contribution in [1.29, 1.82) is 0 Å². The van der Waals surface area contributed by atoms with Crippen molar-refractivity contribution in [1.82, 2.24) is 0 Å². The minimum atomic E-state index is -0.198. The summed E-state index contributed by atoms with van der Waals surface area (Å²) in [6.07, 6.45) is 1.89. The molecule has 1 N–H and O–H groups in total. The van der Waals surface area contributed by atoms with Crippen molar-refractivity contribution in [2.24, 2.45) is 0 Å². The molecule has 4 nitrogen and oxygen atoms in total. The summed E-state index contributed by atoms with van der Waals surface area (Å²) in [7, 11) is 0. The van der Waals surface area contributed by atoms with Crippen LogP contribution >= 0.6 is 0 Å². The Balaban J connectivity index is 1.60. The Morgan fingerprint density at radius 2 is 1.62 bits per heavy atom. The van der Waals surface area contributed by atoms with E-state index in [4.69, 9.17) is 9.47 Å². The molecule has 0 aliphatic carbocycles. The van der Waals surface area contributed by atoms with Gasteiger partial charge in [0.25, 0.3) is 5.91 Å². The molecule has 1 atom stereocenters. The lowest BCUT2D eigenvalue weighted by molar-refractivity contribution is 0.102. The van der Waals surface area contributed by atoms with Crippen LogP contribution in [0, 0.1) is 0 Å². The van der Waals surface area contributed by atoms with Gasteiger partial charge in [-0.15, -0.1) is 0 Å². The summed E-state index contributed by atoms with van der Waals surface area (Å²) in [5.74, 6) is 1.18. The van der Waals surface area contributed by atoms with Crippen LogP contribution in [-0.4, -0.2) is 18.6 Å². The van der Waals surface area contributed by atoms with E-state index in [9.17, 15) is 4.79 Å². The van der Waals surface area contributed by atoms with Crippen LogP contribution in [0.5, 0.6) is 11.5 Å². The lowest BCUT2D eigenvalue weighted by Crippen LogP contribution is -2.14. The van der Waals surface area contributed by atoms with Crippen molar-refractivity contribution in [3.8, 4) is 11.5 Å². The first-order chi connectivity index (χ1) is 14.2. The van der Waals surface area contributed by atoms with Crippen LogP contribution in [0.15, 0.2) is 78.9 Å². The fourth-order valence-corrected chi connectivity index (χ4v) is 2.83. The van der Waals surface area contributed by atoms with Crippen LogP contribution in [0.3, 0.4) is 0 Å². The van der Waals surface area contributed by atoms with Crippen molar-refractivity contribution in [3.05, 3.63) is 90.0 Å². The molecular weight excluding hydrogens is 362 g/mol. The molecule has 0 aromatic heterocycles. The molecule has 1 unspecified atom stereocenters. The van der Waals surface area contributed by atoms with Crippen LogP contribution in [0.25, 0.3) is 0 Å². The van der Waals surface area contributed by atoms with Gasteiger partial charge in [-0.1, -0.05) is 49.4 Å². The maximum Gasteiger partial charge on any atom is 0.259 e. The van der Waals surface area contributed by atoms with Crippen molar-refractivity contribution in [3.63, 3.8) is 0 Å². The lowest BCUT2D eigenvalue weighted by Gasteiger charge is -2.14. The van der Waals surface area contributed by atoms with Gasteiger partial charge in [0.2, 0.25) is 0 Å². The molecule has 4 heteroatoms. The van der Waals surface area contributed by atoms with Gasteiger partial charge >= 0.3 is 0 Å². The van der Waals surface area contributed by atoms with E-state index in [-0.39, 0.29) is 12.0 Å². The number of hydrogen-bond acceptors (Lipinski definition) is 3. The number of carbonyl (C=O) groups is 1. The summed E-state index contributed by atoms with van der Waals surface area (Å²) in [5.41, 5.74) is 2.43. The molecule has 29 heavy (non-hydrogen) atoms. The minimum Gasteiger partial charge on any atom is -0.492 e. The largest absolute Gasteiger partial charge is 0.492 e. The Morgan fingerprint density at radius 1 is 0.931 bits per heavy atom. The van der Waals surface area contributed by atoms with Gasteiger partial charge in [-0.25, -0.2) is 0 Å². The first-order valence-electron chi connectivity index (χ1n) is 9.99. The maximum absolute atomic E-state index is 12.8. The highest BCUT2D eigenvalue weighted by molar-refractivity contribution is 6.06. The van der Waals surface area contributed by atoms with E-state index >= 15 is 0 Å². The Hall–Kier alpha value is -3.27. The van der Waals surface area contributed by atoms with Gasteiger partial charge in [0.15, 0.2) is 0 Å². The Labute approximate surface area is 172 Å². The van der Waals surface area contributed by atoms with E-state index in [1.807, 2.05) is 67.6 Å². The highest BCUT2D eigenvalue weighted by atomic mass is 16.5. The Bertz CT molecular complexity index is 907. The number of benzene rings is 3. The third-order valence-electron chi connectivity index (χ3n) is 4.65. The zero-order valence-corrected chi connectivity index (χ0v) is 16.9. The zero-order chi connectivity index (χ0) is 20.5. The summed E-state index contributed by atoms with van der Waals surface area (Å²) in [6, 6.07) is 24.9. The molecular formula is C25H27NO3. The number of para-hydroxylation sites is 1. The normalized spacial score (nSPS) is 11.5. The van der Waals surface area contributed by atoms with Gasteiger partial charge in [-0.3, -0.25) is 4.79 Å². The number of amides is 1. The first-order valence-corrected chi connectivity index (χ1v) is 9.99. The second-order valence-corrected chi connectivity index (χ2v) is 6.90. The van der Waals surface area contributed by atoms with Crippen LogP contribution in [0.4, 0.5) is 5.69 Å². The quantitative estimate of drug-likeness (QED) is 0.508. The van der Waals surface area contributed by atoms with Gasteiger partial charge in [-0.2, -0.15) is 0 Å². The second kappa shape index (κ2) is 10.3. The van der Waals surface area contributed by atoms with E-state index in [0.717, 1.165) is 18.6 Å².